The fraction of sp³-hybridized carbons (Fsp3) is 0. The number of hydrogen-bond donors (Lipinski definition) is 0. The lowest BCUT2D eigenvalue weighted by Gasteiger charge is -2.05. The van der Waals surface area contributed by atoms with Gasteiger partial charge in [-0.3, -0.25) is 4.98 Å². The first-order valence-corrected chi connectivity index (χ1v) is 5.33. The standard InChI is InChI=1S/C10H6BrClN2O/c11-7-3-1-2-4-8(7)15-10-6-13-5-9(12)14-10/h1-6H. The van der Waals surface area contributed by atoms with Crippen molar-refractivity contribution in [3.8, 4) is 11.6 Å². The number of ether oxygens (including phenoxy) is 1. The van der Waals surface area contributed by atoms with Crippen LogP contribution in [0, 0.1) is 0 Å². The zero-order valence-corrected chi connectivity index (χ0v) is 9.86. The Hall–Kier alpha value is -1.13. The smallest absolute Gasteiger partial charge is 0.239 e. The Morgan fingerprint density at radius 3 is 2.73 bits per heavy atom. The van der Waals surface area contributed by atoms with Crippen LogP contribution in [0.4, 0.5) is 0 Å². The monoisotopic (exact) mass is 284 g/mol. The van der Waals surface area contributed by atoms with Crippen LogP contribution in [-0.4, -0.2) is 9.97 Å². The van der Waals surface area contributed by atoms with Crippen LogP contribution in [0.15, 0.2) is 41.1 Å². The zero-order valence-electron chi connectivity index (χ0n) is 7.52. The molecule has 5 heteroatoms. The molecule has 0 atom stereocenters. The number of para-hydroxylation sites is 1. The molecule has 0 aliphatic carbocycles. The summed E-state index contributed by atoms with van der Waals surface area (Å²) >= 11 is 9.05. The molecule has 0 bridgehead atoms. The molecular formula is C10H6BrClN2O. The first-order valence-electron chi connectivity index (χ1n) is 4.15. The van der Waals surface area contributed by atoms with Crippen LogP contribution in [0.1, 0.15) is 0 Å². The fourth-order valence-corrected chi connectivity index (χ4v) is 1.52. The molecule has 0 amide bonds. The maximum atomic E-state index is 5.69. The number of hydrogen-bond acceptors (Lipinski definition) is 3. The van der Waals surface area contributed by atoms with Gasteiger partial charge in [0.05, 0.1) is 16.9 Å². The summed E-state index contributed by atoms with van der Waals surface area (Å²) < 4.78 is 6.34. The highest BCUT2D eigenvalue weighted by molar-refractivity contribution is 9.10. The van der Waals surface area contributed by atoms with Crippen molar-refractivity contribution >= 4 is 27.5 Å². The minimum atomic E-state index is 0.305. The summed E-state index contributed by atoms with van der Waals surface area (Å²) in [5, 5.41) is 0.305. The first-order chi connectivity index (χ1) is 7.25. The van der Waals surface area contributed by atoms with Gasteiger partial charge in [-0.1, -0.05) is 23.7 Å². The molecule has 0 saturated carbocycles. The van der Waals surface area contributed by atoms with Crippen molar-refractivity contribution in [2.75, 3.05) is 0 Å². The summed E-state index contributed by atoms with van der Waals surface area (Å²) in [4.78, 5) is 7.84. The lowest BCUT2D eigenvalue weighted by Crippen LogP contribution is -1.89. The Bertz CT molecular complexity index is 478. The molecule has 0 aliphatic rings. The molecule has 1 heterocycles. The van der Waals surface area contributed by atoms with Crippen LogP contribution in [0.5, 0.6) is 11.6 Å². The molecule has 0 N–H and O–H groups in total. The molecular weight excluding hydrogens is 279 g/mol. The molecule has 2 rings (SSSR count). The van der Waals surface area contributed by atoms with Crippen LogP contribution in [-0.2, 0) is 0 Å². The van der Waals surface area contributed by atoms with Crippen LogP contribution in [0.2, 0.25) is 5.15 Å². The lowest BCUT2D eigenvalue weighted by atomic mass is 10.3. The third-order valence-electron chi connectivity index (χ3n) is 1.63. The predicted octanol–water partition coefficient (Wildman–Crippen LogP) is 3.68. The van der Waals surface area contributed by atoms with Gasteiger partial charge in [0.25, 0.3) is 0 Å². The van der Waals surface area contributed by atoms with Gasteiger partial charge in [0.2, 0.25) is 5.88 Å². The molecule has 1 aromatic heterocycles. The van der Waals surface area contributed by atoms with E-state index in [0.717, 1.165) is 4.47 Å². The van der Waals surface area contributed by atoms with Crippen molar-refractivity contribution < 1.29 is 4.74 Å². The maximum Gasteiger partial charge on any atom is 0.239 e. The second-order valence-electron chi connectivity index (χ2n) is 2.71. The Labute approximate surface area is 100 Å². The normalized spacial score (nSPS) is 10.0. The third kappa shape index (κ3) is 2.67. The van der Waals surface area contributed by atoms with E-state index in [-0.39, 0.29) is 0 Å². The molecule has 0 radical (unpaired) electrons. The molecule has 0 spiro atoms. The molecule has 0 aliphatic heterocycles. The van der Waals surface area contributed by atoms with Crippen molar-refractivity contribution in [2.24, 2.45) is 0 Å². The number of nitrogens with zero attached hydrogens (tertiary/aromatic N) is 2. The second-order valence-corrected chi connectivity index (χ2v) is 3.95. The van der Waals surface area contributed by atoms with Gasteiger partial charge in [0.1, 0.15) is 5.75 Å². The fourth-order valence-electron chi connectivity index (χ4n) is 1.01. The van der Waals surface area contributed by atoms with Gasteiger partial charge in [-0.05, 0) is 28.1 Å². The van der Waals surface area contributed by atoms with Crippen molar-refractivity contribution in [3.05, 3.63) is 46.3 Å². The quantitative estimate of drug-likeness (QED) is 0.844. The minimum Gasteiger partial charge on any atom is -0.436 e. The molecule has 0 fully saturated rings. The third-order valence-corrected chi connectivity index (χ3v) is 2.47. The molecule has 2 aromatic rings. The van der Waals surface area contributed by atoms with E-state index in [2.05, 4.69) is 25.9 Å². The highest BCUT2D eigenvalue weighted by atomic mass is 79.9. The van der Waals surface area contributed by atoms with Gasteiger partial charge in [-0.25, -0.2) is 0 Å². The van der Waals surface area contributed by atoms with Crippen LogP contribution >= 0.6 is 27.5 Å². The summed E-state index contributed by atoms with van der Waals surface area (Å²) in [7, 11) is 0. The second kappa shape index (κ2) is 4.59. The van der Waals surface area contributed by atoms with Gasteiger partial charge in [0, 0.05) is 0 Å². The van der Waals surface area contributed by atoms with E-state index in [9.17, 15) is 0 Å². The molecule has 3 nitrogen and oxygen atoms in total. The summed E-state index contributed by atoms with van der Waals surface area (Å²) in [6, 6.07) is 7.48. The van der Waals surface area contributed by atoms with E-state index in [1.54, 1.807) is 0 Å². The summed E-state index contributed by atoms with van der Waals surface area (Å²) in [5.41, 5.74) is 0. The Morgan fingerprint density at radius 2 is 2.00 bits per heavy atom. The van der Waals surface area contributed by atoms with E-state index in [0.29, 0.717) is 16.8 Å². The summed E-state index contributed by atoms with van der Waals surface area (Å²) in [6.07, 6.45) is 2.96. The highest BCUT2D eigenvalue weighted by Crippen LogP contribution is 2.28. The van der Waals surface area contributed by atoms with Crippen LogP contribution in [0.3, 0.4) is 0 Å². The van der Waals surface area contributed by atoms with E-state index in [4.69, 9.17) is 16.3 Å². The van der Waals surface area contributed by atoms with E-state index < -0.39 is 0 Å². The topological polar surface area (TPSA) is 35.0 Å². The molecule has 76 valence electrons. The number of aromatic nitrogens is 2. The predicted molar refractivity (Wildman–Crippen MR) is 61.3 cm³/mol. The van der Waals surface area contributed by atoms with E-state index in [1.165, 1.54) is 12.4 Å². The van der Waals surface area contributed by atoms with Crippen LogP contribution < -0.4 is 4.74 Å². The average molecular weight is 286 g/mol. The van der Waals surface area contributed by atoms with Gasteiger partial charge in [-0.15, -0.1) is 0 Å². The average Bonchev–Trinajstić information content (AvgIpc) is 2.22. The largest absolute Gasteiger partial charge is 0.436 e. The van der Waals surface area contributed by atoms with Crippen molar-refractivity contribution in [2.45, 2.75) is 0 Å². The highest BCUT2D eigenvalue weighted by Gasteiger charge is 2.03. The van der Waals surface area contributed by atoms with Crippen LogP contribution in [0.25, 0.3) is 0 Å². The number of halogens is 2. The lowest BCUT2D eigenvalue weighted by molar-refractivity contribution is 0.457. The number of rotatable bonds is 2. The van der Waals surface area contributed by atoms with E-state index >= 15 is 0 Å². The molecule has 0 unspecified atom stereocenters. The van der Waals surface area contributed by atoms with E-state index in [1.807, 2.05) is 24.3 Å². The maximum absolute atomic E-state index is 5.69. The SMILES string of the molecule is Clc1cncc(Oc2ccccc2Br)n1. The molecule has 15 heavy (non-hydrogen) atoms. The summed E-state index contributed by atoms with van der Waals surface area (Å²) in [6.45, 7) is 0. The van der Waals surface area contributed by atoms with Crippen molar-refractivity contribution in [3.63, 3.8) is 0 Å². The first kappa shape index (κ1) is 10.4. The molecule has 0 saturated heterocycles. The van der Waals surface area contributed by atoms with Gasteiger partial charge >= 0.3 is 0 Å². The van der Waals surface area contributed by atoms with Gasteiger partial charge in [0.15, 0.2) is 5.15 Å². The van der Waals surface area contributed by atoms with Crippen molar-refractivity contribution in [1.29, 1.82) is 0 Å². The minimum absolute atomic E-state index is 0.305. The zero-order chi connectivity index (χ0) is 10.7. The van der Waals surface area contributed by atoms with Crippen molar-refractivity contribution in [1.82, 2.24) is 9.97 Å². The summed E-state index contributed by atoms with van der Waals surface area (Å²) in [5.74, 6) is 1.04. The Morgan fingerprint density at radius 1 is 1.20 bits per heavy atom. The Balaban J connectivity index is 2.26. The molecule has 1 aromatic carbocycles. The Kier molecular flexibility index (Phi) is 3.18. The van der Waals surface area contributed by atoms with Gasteiger partial charge < -0.3 is 4.74 Å². The van der Waals surface area contributed by atoms with Gasteiger partial charge in [-0.2, -0.15) is 4.98 Å². The number of benzene rings is 1.